The number of nitrogens with one attached hydrogen (secondary N) is 1. The third kappa shape index (κ3) is 2.92. The molecule has 2 aliphatic rings. The summed E-state index contributed by atoms with van der Waals surface area (Å²) in [6.45, 7) is 0. The number of carbonyl (C=O) groups is 1. The van der Waals surface area contributed by atoms with Crippen molar-refractivity contribution < 1.29 is 4.79 Å². The Morgan fingerprint density at radius 1 is 1.19 bits per heavy atom. The van der Waals surface area contributed by atoms with Gasteiger partial charge in [-0.05, 0) is 72.7 Å². The quantitative estimate of drug-likeness (QED) is 0.762. The van der Waals surface area contributed by atoms with Gasteiger partial charge in [0.2, 0.25) is 0 Å². The van der Waals surface area contributed by atoms with Crippen molar-refractivity contribution in [3.05, 3.63) is 45.6 Å². The van der Waals surface area contributed by atoms with E-state index in [9.17, 15) is 4.79 Å². The van der Waals surface area contributed by atoms with E-state index in [4.69, 9.17) is 0 Å². The molecule has 2 aliphatic carbocycles. The number of fused-ring (bicyclic) bond motifs is 1. The SMILES string of the molecule is O=C(Nc1cccc(-c2nnnn2C2CC2)c1)c1cc2c(s1)CCCC2. The fourth-order valence-electron chi connectivity index (χ4n) is 3.48. The first-order valence-corrected chi connectivity index (χ1v) is 9.91. The highest BCUT2D eigenvalue weighted by Crippen LogP contribution is 2.37. The van der Waals surface area contributed by atoms with Crippen molar-refractivity contribution in [1.29, 1.82) is 0 Å². The van der Waals surface area contributed by atoms with Gasteiger partial charge in [-0.15, -0.1) is 16.4 Å². The van der Waals surface area contributed by atoms with Crippen LogP contribution in [-0.2, 0) is 12.8 Å². The monoisotopic (exact) mass is 365 g/mol. The number of benzene rings is 1. The average Bonchev–Trinajstić information content (AvgIpc) is 3.22. The Kier molecular flexibility index (Phi) is 3.81. The van der Waals surface area contributed by atoms with E-state index in [-0.39, 0.29) is 5.91 Å². The number of thiophene rings is 1. The zero-order valence-electron chi connectivity index (χ0n) is 14.3. The molecule has 0 atom stereocenters. The second kappa shape index (κ2) is 6.32. The lowest BCUT2D eigenvalue weighted by atomic mass is 9.99. The molecule has 1 fully saturated rings. The first-order valence-electron chi connectivity index (χ1n) is 9.09. The molecule has 0 radical (unpaired) electrons. The molecule has 5 rings (SSSR count). The molecule has 0 spiro atoms. The van der Waals surface area contributed by atoms with E-state index in [1.807, 2.05) is 28.9 Å². The number of tetrazole rings is 1. The minimum atomic E-state index is -0.0386. The maximum atomic E-state index is 12.7. The summed E-state index contributed by atoms with van der Waals surface area (Å²) in [5, 5.41) is 15.1. The van der Waals surface area contributed by atoms with Crippen LogP contribution in [0, 0.1) is 0 Å². The minimum Gasteiger partial charge on any atom is -0.321 e. The van der Waals surface area contributed by atoms with Gasteiger partial charge in [0.05, 0.1) is 10.9 Å². The molecule has 0 saturated heterocycles. The Morgan fingerprint density at radius 2 is 2.08 bits per heavy atom. The van der Waals surface area contributed by atoms with E-state index in [2.05, 4.69) is 26.9 Å². The molecule has 1 N–H and O–H groups in total. The minimum absolute atomic E-state index is 0.0386. The van der Waals surface area contributed by atoms with Gasteiger partial charge in [-0.25, -0.2) is 4.68 Å². The molecule has 0 bridgehead atoms. The summed E-state index contributed by atoms with van der Waals surface area (Å²) in [6.07, 6.45) is 6.90. The van der Waals surface area contributed by atoms with Crippen LogP contribution >= 0.6 is 11.3 Å². The highest BCUT2D eigenvalue weighted by molar-refractivity contribution is 7.14. The van der Waals surface area contributed by atoms with E-state index in [1.165, 1.54) is 23.3 Å². The fraction of sp³-hybridized carbons (Fsp3) is 0.368. The molecular formula is C19H19N5OS. The lowest BCUT2D eigenvalue weighted by Gasteiger charge is -2.08. The molecule has 3 aromatic rings. The molecule has 1 aromatic carbocycles. The summed E-state index contributed by atoms with van der Waals surface area (Å²) in [5.74, 6) is 0.721. The van der Waals surface area contributed by atoms with Crippen molar-refractivity contribution in [3.63, 3.8) is 0 Å². The molecule has 1 amide bonds. The molecule has 6 nitrogen and oxygen atoms in total. The maximum Gasteiger partial charge on any atom is 0.265 e. The standard InChI is InChI=1S/C19H19N5OS/c25-19(17-11-12-4-1-2-7-16(12)26-17)20-14-6-3-5-13(10-14)18-21-22-23-24(18)15-8-9-15/h3,5-6,10-11,15H,1-2,4,7-9H2,(H,20,25). The second-order valence-electron chi connectivity index (χ2n) is 6.98. The Hall–Kier alpha value is -2.54. The van der Waals surface area contributed by atoms with Crippen LogP contribution in [0.25, 0.3) is 11.4 Å². The Morgan fingerprint density at radius 3 is 2.92 bits per heavy atom. The zero-order valence-corrected chi connectivity index (χ0v) is 15.1. The number of aromatic nitrogens is 4. The lowest BCUT2D eigenvalue weighted by Crippen LogP contribution is -2.10. The first kappa shape index (κ1) is 15.7. The summed E-state index contributed by atoms with van der Waals surface area (Å²) >= 11 is 1.63. The smallest absolute Gasteiger partial charge is 0.265 e. The molecule has 2 heterocycles. The van der Waals surface area contributed by atoms with Gasteiger partial charge in [0.25, 0.3) is 5.91 Å². The molecular weight excluding hydrogens is 346 g/mol. The van der Waals surface area contributed by atoms with Crippen LogP contribution in [0.3, 0.4) is 0 Å². The highest BCUT2D eigenvalue weighted by Gasteiger charge is 2.28. The van der Waals surface area contributed by atoms with Gasteiger partial charge in [-0.1, -0.05) is 12.1 Å². The molecule has 1 saturated carbocycles. The van der Waals surface area contributed by atoms with E-state index >= 15 is 0 Å². The third-order valence-corrected chi connectivity index (χ3v) is 6.22. The molecule has 0 aliphatic heterocycles. The second-order valence-corrected chi connectivity index (χ2v) is 8.12. The molecule has 2 aromatic heterocycles. The van der Waals surface area contributed by atoms with E-state index < -0.39 is 0 Å². The van der Waals surface area contributed by atoms with Gasteiger partial charge >= 0.3 is 0 Å². The van der Waals surface area contributed by atoms with E-state index in [0.29, 0.717) is 6.04 Å². The predicted octanol–water partition coefficient (Wildman–Crippen LogP) is 3.87. The number of aryl methyl sites for hydroxylation is 2. The summed E-state index contributed by atoms with van der Waals surface area (Å²) in [7, 11) is 0. The third-order valence-electron chi connectivity index (χ3n) is 4.98. The average molecular weight is 365 g/mol. The maximum absolute atomic E-state index is 12.7. The van der Waals surface area contributed by atoms with Gasteiger partial charge in [-0.2, -0.15) is 0 Å². The van der Waals surface area contributed by atoms with Crippen LogP contribution in [-0.4, -0.2) is 26.1 Å². The van der Waals surface area contributed by atoms with Gasteiger partial charge < -0.3 is 5.32 Å². The van der Waals surface area contributed by atoms with Crippen LogP contribution in [0.15, 0.2) is 30.3 Å². The summed E-state index contributed by atoms with van der Waals surface area (Å²) in [5.41, 5.74) is 3.04. The van der Waals surface area contributed by atoms with Gasteiger partial charge in [0, 0.05) is 16.1 Å². The summed E-state index contributed by atoms with van der Waals surface area (Å²) in [6, 6.07) is 10.2. The number of carbonyl (C=O) groups excluding carboxylic acids is 1. The number of anilines is 1. The normalized spacial score (nSPS) is 16.3. The van der Waals surface area contributed by atoms with Gasteiger partial charge in [0.15, 0.2) is 5.82 Å². The zero-order chi connectivity index (χ0) is 17.5. The van der Waals surface area contributed by atoms with E-state index in [0.717, 1.165) is 47.6 Å². The molecule has 132 valence electrons. The number of rotatable bonds is 4. The lowest BCUT2D eigenvalue weighted by molar-refractivity contribution is 0.103. The largest absolute Gasteiger partial charge is 0.321 e. The Balaban J connectivity index is 1.38. The van der Waals surface area contributed by atoms with Gasteiger partial charge in [-0.3, -0.25) is 4.79 Å². The van der Waals surface area contributed by atoms with Crippen LogP contribution in [0.5, 0.6) is 0 Å². The van der Waals surface area contributed by atoms with Crippen LogP contribution in [0.2, 0.25) is 0 Å². The topological polar surface area (TPSA) is 72.7 Å². The van der Waals surface area contributed by atoms with Crippen molar-refractivity contribution >= 4 is 22.9 Å². The van der Waals surface area contributed by atoms with Gasteiger partial charge in [0.1, 0.15) is 0 Å². The molecule has 7 heteroatoms. The molecule has 0 unspecified atom stereocenters. The predicted molar refractivity (Wildman–Crippen MR) is 100 cm³/mol. The number of nitrogens with zero attached hydrogens (tertiary/aromatic N) is 4. The Bertz CT molecular complexity index is 948. The van der Waals surface area contributed by atoms with E-state index in [1.54, 1.807) is 11.3 Å². The number of hydrogen-bond acceptors (Lipinski definition) is 5. The molecule has 26 heavy (non-hydrogen) atoms. The van der Waals surface area contributed by atoms with Crippen molar-refractivity contribution in [2.45, 2.75) is 44.6 Å². The van der Waals surface area contributed by atoms with Crippen LogP contribution in [0.4, 0.5) is 5.69 Å². The van der Waals surface area contributed by atoms with Crippen molar-refractivity contribution in [2.24, 2.45) is 0 Å². The van der Waals surface area contributed by atoms with Crippen LogP contribution in [0.1, 0.15) is 51.8 Å². The summed E-state index contributed by atoms with van der Waals surface area (Å²) < 4.78 is 1.88. The Labute approximate surface area is 155 Å². The first-order chi connectivity index (χ1) is 12.8. The van der Waals surface area contributed by atoms with Crippen molar-refractivity contribution in [1.82, 2.24) is 20.2 Å². The highest BCUT2D eigenvalue weighted by atomic mass is 32.1. The number of amides is 1. The fourth-order valence-corrected chi connectivity index (χ4v) is 4.63. The number of hydrogen-bond donors (Lipinski definition) is 1. The van der Waals surface area contributed by atoms with Crippen LogP contribution < -0.4 is 5.32 Å². The van der Waals surface area contributed by atoms with Crippen molar-refractivity contribution in [3.8, 4) is 11.4 Å². The summed E-state index contributed by atoms with van der Waals surface area (Å²) in [4.78, 5) is 14.8. The van der Waals surface area contributed by atoms with Crippen molar-refractivity contribution in [2.75, 3.05) is 5.32 Å².